The second-order valence-corrected chi connectivity index (χ2v) is 5.22. The molecule has 1 unspecified atom stereocenters. The number of benzene rings is 1. The van der Waals surface area contributed by atoms with Crippen LogP contribution in [0.15, 0.2) is 24.3 Å². The Bertz CT molecular complexity index is 344. The van der Waals surface area contributed by atoms with Crippen molar-refractivity contribution < 1.29 is 4.74 Å². The molecule has 2 rings (SSSR count). The van der Waals surface area contributed by atoms with Gasteiger partial charge in [0.2, 0.25) is 0 Å². The van der Waals surface area contributed by atoms with Crippen LogP contribution in [0, 0.1) is 6.92 Å². The molecule has 1 aromatic rings. The minimum atomic E-state index is 0.398. The summed E-state index contributed by atoms with van der Waals surface area (Å²) < 4.78 is 5.79. The summed E-state index contributed by atoms with van der Waals surface area (Å²) in [6, 6.07) is 9.27. The fourth-order valence-electron chi connectivity index (χ4n) is 2.29. The van der Waals surface area contributed by atoms with Crippen LogP contribution in [0.5, 0.6) is 5.75 Å². The summed E-state index contributed by atoms with van der Waals surface area (Å²) in [4.78, 5) is 0. The predicted octanol–water partition coefficient (Wildman–Crippen LogP) is 2.10. The normalized spacial score (nSPS) is 18.6. The first-order valence-electron chi connectivity index (χ1n) is 6.90. The van der Waals surface area contributed by atoms with Gasteiger partial charge in [-0.15, -0.1) is 0 Å². The van der Waals surface area contributed by atoms with Crippen molar-refractivity contribution in [3.05, 3.63) is 29.8 Å². The lowest BCUT2D eigenvalue weighted by atomic mass is 10.1. The second kappa shape index (κ2) is 6.76. The molecule has 1 saturated heterocycles. The van der Waals surface area contributed by atoms with Crippen LogP contribution < -0.4 is 15.4 Å². The fourth-order valence-corrected chi connectivity index (χ4v) is 2.29. The first-order chi connectivity index (χ1) is 8.74. The van der Waals surface area contributed by atoms with Gasteiger partial charge in [-0.3, -0.25) is 0 Å². The molecular formula is C15H24N2O. The third-order valence-electron chi connectivity index (χ3n) is 3.38. The summed E-state index contributed by atoms with van der Waals surface area (Å²) in [6.45, 7) is 7.26. The van der Waals surface area contributed by atoms with E-state index in [9.17, 15) is 0 Å². The van der Waals surface area contributed by atoms with Crippen molar-refractivity contribution in [3.8, 4) is 5.75 Å². The summed E-state index contributed by atoms with van der Waals surface area (Å²) in [7, 11) is 0. The maximum Gasteiger partial charge on any atom is 0.119 e. The molecule has 18 heavy (non-hydrogen) atoms. The number of piperidine rings is 1. The number of rotatable bonds is 5. The van der Waals surface area contributed by atoms with Crippen LogP contribution in [-0.4, -0.2) is 31.8 Å². The number of aryl methyl sites for hydroxylation is 1. The highest BCUT2D eigenvalue weighted by Crippen LogP contribution is 2.12. The van der Waals surface area contributed by atoms with Crippen molar-refractivity contribution >= 4 is 0 Å². The van der Waals surface area contributed by atoms with Gasteiger partial charge in [0.1, 0.15) is 12.4 Å². The van der Waals surface area contributed by atoms with E-state index in [2.05, 4.69) is 36.6 Å². The van der Waals surface area contributed by atoms with E-state index >= 15 is 0 Å². The molecule has 100 valence electrons. The molecule has 1 aliphatic heterocycles. The molecular weight excluding hydrogens is 224 g/mol. The van der Waals surface area contributed by atoms with Crippen molar-refractivity contribution in [1.82, 2.24) is 10.6 Å². The van der Waals surface area contributed by atoms with Crippen LogP contribution in [0.1, 0.15) is 25.3 Å². The first-order valence-corrected chi connectivity index (χ1v) is 6.90. The van der Waals surface area contributed by atoms with E-state index in [0.29, 0.717) is 12.1 Å². The number of ether oxygens (including phenoxy) is 1. The van der Waals surface area contributed by atoms with Gasteiger partial charge in [0, 0.05) is 12.1 Å². The Morgan fingerprint density at radius 2 is 1.94 bits per heavy atom. The molecule has 0 saturated carbocycles. The van der Waals surface area contributed by atoms with E-state index in [1.807, 2.05) is 12.1 Å². The van der Waals surface area contributed by atoms with Gasteiger partial charge >= 0.3 is 0 Å². The monoisotopic (exact) mass is 248 g/mol. The van der Waals surface area contributed by atoms with Crippen LogP contribution in [0.3, 0.4) is 0 Å². The Morgan fingerprint density at radius 3 is 2.61 bits per heavy atom. The molecule has 2 N–H and O–H groups in total. The zero-order valence-corrected chi connectivity index (χ0v) is 11.4. The molecule has 0 aromatic heterocycles. The molecule has 3 nitrogen and oxygen atoms in total. The molecule has 0 radical (unpaired) electrons. The van der Waals surface area contributed by atoms with Crippen LogP contribution in [0.4, 0.5) is 0 Å². The average molecular weight is 248 g/mol. The van der Waals surface area contributed by atoms with Crippen molar-refractivity contribution in [2.45, 2.75) is 38.8 Å². The lowest BCUT2D eigenvalue weighted by Crippen LogP contribution is -2.45. The average Bonchev–Trinajstić information content (AvgIpc) is 2.39. The van der Waals surface area contributed by atoms with Gasteiger partial charge in [0.05, 0.1) is 0 Å². The predicted molar refractivity (Wildman–Crippen MR) is 75.2 cm³/mol. The third-order valence-corrected chi connectivity index (χ3v) is 3.38. The Kier molecular flexibility index (Phi) is 5.02. The summed E-state index contributed by atoms with van der Waals surface area (Å²) in [5.74, 6) is 0.958. The van der Waals surface area contributed by atoms with Crippen molar-refractivity contribution in [3.63, 3.8) is 0 Å². The standard InChI is InChI=1S/C15H24N2O/c1-12-3-5-15(6-4-12)18-11-13(2)17-14-7-9-16-10-8-14/h3-6,13-14,16-17H,7-11H2,1-2H3. The molecule has 1 atom stereocenters. The van der Waals surface area contributed by atoms with Crippen LogP contribution >= 0.6 is 0 Å². The van der Waals surface area contributed by atoms with Crippen molar-refractivity contribution in [2.24, 2.45) is 0 Å². The topological polar surface area (TPSA) is 33.3 Å². The lowest BCUT2D eigenvalue weighted by molar-refractivity contribution is 0.248. The largest absolute Gasteiger partial charge is 0.492 e. The number of hydrogen-bond donors (Lipinski definition) is 2. The zero-order chi connectivity index (χ0) is 12.8. The van der Waals surface area contributed by atoms with E-state index in [0.717, 1.165) is 25.4 Å². The van der Waals surface area contributed by atoms with Crippen LogP contribution in [0.25, 0.3) is 0 Å². The van der Waals surface area contributed by atoms with E-state index in [-0.39, 0.29) is 0 Å². The van der Waals surface area contributed by atoms with Crippen LogP contribution in [0.2, 0.25) is 0 Å². The van der Waals surface area contributed by atoms with Crippen molar-refractivity contribution in [2.75, 3.05) is 19.7 Å². The summed E-state index contributed by atoms with van der Waals surface area (Å²) in [6.07, 6.45) is 2.43. The van der Waals surface area contributed by atoms with E-state index in [1.54, 1.807) is 0 Å². The Balaban J connectivity index is 1.70. The zero-order valence-electron chi connectivity index (χ0n) is 11.4. The minimum absolute atomic E-state index is 0.398. The van der Waals surface area contributed by atoms with Crippen molar-refractivity contribution in [1.29, 1.82) is 0 Å². The second-order valence-electron chi connectivity index (χ2n) is 5.22. The third kappa shape index (κ3) is 4.31. The summed E-state index contributed by atoms with van der Waals surface area (Å²) >= 11 is 0. The minimum Gasteiger partial charge on any atom is -0.492 e. The maximum absolute atomic E-state index is 5.79. The van der Waals surface area contributed by atoms with E-state index < -0.39 is 0 Å². The van der Waals surface area contributed by atoms with Gasteiger partial charge < -0.3 is 15.4 Å². The number of hydrogen-bond acceptors (Lipinski definition) is 3. The lowest BCUT2D eigenvalue weighted by Gasteiger charge is -2.27. The molecule has 1 aromatic carbocycles. The Labute approximate surface area is 110 Å². The SMILES string of the molecule is Cc1ccc(OCC(C)NC2CCNCC2)cc1. The Morgan fingerprint density at radius 1 is 1.28 bits per heavy atom. The van der Waals surface area contributed by atoms with Crippen LogP contribution in [-0.2, 0) is 0 Å². The molecule has 1 heterocycles. The smallest absolute Gasteiger partial charge is 0.119 e. The fraction of sp³-hybridized carbons (Fsp3) is 0.600. The van der Waals surface area contributed by atoms with Gasteiger partial charge in [-0.05, 0) is 51.9 Å². The van der Waals surface area contributed by atoms with E-state index in [4.69, 9.17) is 4.74 Å². The molecule has 0 spiro atoms. The first kappa shape index (κ1) is 13.4. The quantitative estimate of drug-likeness (QED) is 0.837. The Hall–Kier alpha value is -1.06. The van der Waals surface area contributed by atoms with Gasteiger partial charge in [-0.1, -0.05) is 17.7 Å². The molecule has 3 heteroatoms. The summed E-state index contributed by atoms with van der Waals surface area (Å²) in [5.41, 5.74) is 1.27. The maximum atomic E-state index is 5.79. The van der Waals surface area contributed by atoms with Gasteiger partial charge in [-0.2, -0.15) is 0 Å². The molecule has 0 aliphatic carbocycles. The summed E-state index contributed by atoms with van der Waals surface area (Å²) in [5, 5.41) is 7.02. The number of nitrogens with one attached hydrogen (secondary N) is 2. The highest BCUT2D eigenvalue weighted by molar-refractivity contribution is 5.26. The van der Waals surface area contributed by atoms with Gasteiger partial charge in [0.15, 0.2) is 0 Å². The van der Waals surface area contributed by atoms with Gasteiger partial charge in [0.25, 0.3) is 0 Å². The highest BCUT2D eigenvalue weighted by Gasteiger charge is 2.15. The molecule has 1 aliphatic rings. The highest BCUT2D eigenvalue weighted by atomic mass is 16.5. The molecule has 1 fully saturated rings. The van der Waals surface area contributed by atoms with E-state index in [1.165, 1.54) is 18.4 Å². The van der Waals surface area contributed by atoms with Gasteiger partial charge in [-0.25, -0.2) is 0 Å². The molecule has 0 bridgehead atoms. The molecule has 0 amide bonds.